The fourth-order valence-electron chi connectivity index (χ4n) is 4.11. The second-order valence-electron chi connectivity index (χ2n) is 6.98. The van der Waals surface area contributed by atoms with Crippen molar-refractivity contribution in [1.82, 2.24) is 14.8 Å². The van der Waals surface area contributed by atoms with E-state index in [4.69, 9.17) is 16.3 Å². The quantitative estimate of drug-likeness (QED) is 0.836. The molecule has 1 aromatic heterocycles. The van der Waals surface area contributed by atoms with Gasteiger partial charge in [0.25, 0.3) is 0 Å². The van der Waals surface area contributed by atoms with Gasteiger partial charge in [0.1, 0.15) is 11.6 Å². The number of nitrogens with zero attached hydrogens (tertiary/aromatic N) is 3. The molecular formula is C19H24ClN3O. The Morgan fingerprint density at radius 1 is 1.04 bits per heavy atom. The summed E-state index contributed by atoms with van der Waals surface area (Å²) in [5.74, 6) is 3.54. The first-order valence-electron chi connectivity index (χ1n) is 9.05. The Balaban J connectivity index is 1.59. The van der Waals surface area contributed by atoms with Gasteiger partial charge < -0.3 is 9.30 Å². The van der Waals surface area contributed by atoms with Gasteiger partial charge in [-0.25, -0.2) is 0 Å². The van der Waals surface area contributed by atoms with Crippen molar-refractivity contribution < 1.29 is 4.74 Å². The van der Waals surface area contributed by atoms with Gasteiger partial charge in [-0.3, -0.25) is 0 Å². The van der Waals surface area contributed by atoms with Crippen molar-refractivity contribution in [2.45, 2.75) is 51.0 Å². The molecule has 1 saturated heterocycles. The summed E-state index contributed by atoms with van der Waals surface area (Å²) in [6, 6.07) is 8.05. The van der Waals surface area contributed by atoms with Crippen LogP contribution in [0.25, 0.3) is 0 Å². The third-order valence-corrected chi connectivity index (χ3v) is 5.70. The maximum atomic E-state index is 5.99. The molecule has 0 spiro atoms. The van der Waals surface area contributed by atoms with E-state index in [-0.39, 0.29) is 0 Å². The highest BCUT2D eigenvalue weighted by molar-refractivity contribution is 6.30. The normalized spacial score (nSPS) is 22.1. The van der Waals surface area contributed by atoms with Gasteiger partial charge in [0.15, 0.2) is 0 Å². The number of halogens is 1. The molecule has 1 aromatic carbocycles. The molecule has 0 saturated carbocycles. The molecular weight excluding hydrogens is 322 g/mol. The highest BCUT2D eigenvalue weighted by Crippen LogP contribution is 2.37. The van der Waals surface area contributed by atoms with Crippen LogP contribution in [0.15, 0.2) is 24.3 Å². The van der Waals surface area contributed by atoms with Crippen LogP contribution in [0, 0.1) is 5.92 Å². The van der Waals surface area contributed by atoms with Crippen LogP contribution in [-0.2, 0) is 17.7 Å². The predicted molar refractivity (Wildman–Crippen MR) is 94.4 cm³/mol. The Hall–Kier alpha value is -1.39. The minimum atomic E-state index is 0.544. The fraction of sp³-hybridized carbons (Fsp3) is 0.579. The molecule has 0 amide bonds. The molecule has 0 bridgehead atoms. The zero-order valence-corrected chi connectivity index (χ0v) is 14.7. The van der Waals surface area contributed by atoms with Gasteiger partial charge in [-0.2, -0.15) is 0 Å². The number of hydrogen-bond acceptors (Lipinski definition) is 3. The van der Waals surface area contributed by atoms with Crippen molar-refractivity contribution in [3.63, 3.8) is 0 Å². The van der Waals surface area contributed by atoms with Gasteiger partial charge in [0.2, 0.25) is 0 Å². The van der Waals surface area contributed by atoms with Gasteiger partial charge in [0, 0.05) is 37.1 Å². The van der Waals surface area contributed by atoms with E-state index in [2.05, 4.69) is 26.9 Å². The average Bonchev–Trinajstić information content (AvgIpc) is 2.88. The van der Waals surface area contributed by atoms with Crippen LogP contribution in [-0.4, -0.2) is 28.0 Å². The highest BCUT2D eigenvalue weighted by Gasteiger charge is 2.31. The monoisotopic (exact) mass is 345 g/mol. The van der Waals surface area contributed by atoms with Crippen molar-refractivity contribution in [2.24, 2.45) is 5.92 Å². The molecule has 1 atom stereocenters. The molecule has 3 heterocycles. The van der Waals surface area contributed by atoms with Gasteiger partial charge >= 0.3 is 0 Å². The Kier molecular flexibility index (Phi) is 4.86. The van der Waals surface area contributed by atoms with Crippen LogP contribution in [0.1, 0.15) is 55.2 Å². The van der Waals surface area contributed by atoms with E-state index in [0.29, 0.717) is 11.8 Å². The van der Waals surface area contributed by atoms with E-state index in [1.54, 1.807) is 0 Å². The third-order valence-electron chi connectivity index (χ3n) is 5.44. The Bertz CT molecular complexity index is 676. The molecule has 2 aliphatic rings. The van der Waals surface area contributed by atoms with Crippen LogP contribution in [0.5, 0.6) is 0 Å². The van der Waals surface area contributed by atoms with E-state index in [1.807, 2.05) is 12.1 Å². The largest absolute Gasteiger partial charge is 0.381 e. The zero-order chi connectivity index (χ0) is 16.4. The van der Waals surface area contributed by atoms with E-state index < -0.39 is 0 Å². The fourth-order valence-corrected chi connectivity index (χ4v) is 4.24. The first-order chi connectivity index (χ1) is 11.8. The maximum Gasteiger partial charge on any atom is 0.137 e. The summed E-state index contributed by atoms with van der Waals surface area (Å²) in [6.45, 7) is 2.84. The van der Waals surface area contributed by atoms with Crippen molar-refractivity contribution in [2.75, 3.05) is 13.2 Å². The summed E-state index contributed by atoms with van der Waals surface area (Å²) >= 11 is 5.99. The summed E-state index contributed by atoms with van der Waals surface area (Å²) in [7, 11) is 0. The smallest absolute Gasteiger partial charge is 0.137 e. The Labute approximate surface area is 148 Å². The second-order valence-corrected chi connectivity index (χ2v) is 7.42. The maximum absolute atomic E-state index is 5.99. The SMILES string of the molecule is Clc1ccc(Cc2nnc3n2CCCCC3C2CCOCC2)cc1. The van der Waals surface area contributed by atoms with Crippen LogP contribution in [0.3, 0.4) is 0 Å². The van der Waals surface area contributed by atoms with Gasteiger partial charge in [-0.1, -0.05) is 30.2 Å². The van der Waals surface area contributed by atoms with Crippen LogP contribution in [0.2, 0.25) is 5.02 Å². The molecule has 0 N–H and O–H groups in total. The lowest BCUT2D eigenvalue weighted by atomic mass is 9.82. The second kappa shape index (κ2) is 7.24. The van der Waals surface area contributed by atoms with Crippen molar-refractivity contribution in [3.05, 3.63) is 46.5 Å². The van der Waals surface area contributed by atoms with Crippen molar-refractivity contribution in [3.8, 4) is 0 Å². The molecule has 24 heavy (non-hydrogen) atoms. The molecule has 0 aliphatic carbocycles. The minimum absolute atomic E-state index is 0.544. The lowest BCUT2D eigenvalue weighted by Crippen LogP contribution is -2.24. The van der Waals surface area contributed by atoms with Crippen molar-refractivity contribution >= 4 is 11.6 Å². The molecule has 5 heteroatoms. The Morgan fingerprint density at radius 3 is 2.62 bits per heavy atom. The molecule has 4 rings (SSSR count). The van der Waals surface area contributed by atoms with Crippen LogP contribution >= 0.6 is 11.6 Å². The van der Waals surface area contributed by atoms with Gasteiger partial charge in [-0.15, -0.1) is 10.2 Å². The van der Waals surface area contributed by atoms with Gasteiger partial charge in [-0.05, 0) is 49.3 Å². The molecule has 4 nitrogen and oxygen atoms in total. The summed E-state index contributed by atoms with van der Waals surface area (Å²) < 4.78 is 7.94. The van der Waals surface area contributed by atoms with Crippen LogP contribution in [0.4, 0.5) is 0 Å². The standard InChI is InChI=1S/C19H24ClN3O/c20-16-6-4-14(5-7-16)13-18-21-22-19-17(3-1-2-10-23(18)19)15-8-11-24-12-9-15/h4-7,15,17H,1-3,8-13H2. The van der Waals surface area contributed by atoms with E-state index in [0.717, 1.165) is 49.9 Å². The molecule has 2 aliphatic heterocycles. The Morgan fingerprint density at radius 2 is 1.83 bits per heavy atom. The summed E-state index contributed by atoms with van der Waals surface area (Å²) in [4.78, 5) is 0. The summed E-state index contributed by atoms with van der Waals surface area (Å²) in [5.41, 5.74) is 1.24. The number of fused-ring (bicyclic) bond motifs is 1. The highest BCUT2D eigenvalue weighted by atomic mass is 35.5. The molecule has 1 fully saturated rings. The molecule has 1 unspecified atom stereocenters. The number of rotatable bonds is 3. The van der Waals surface area contributed by atoms with Gasteiger partial charge in [0.05, 0.1) is 0 Å². The lowest BCUT2D eigenvalue weighted by molar-refractivity contribution is 0.0556. The summed E-state index contributed by atoms with van der Waals surface area (Å²) in [5, 5.41) is 9.96. The third kappa shape index (κ3) is 3.35. The number of aromatic nitrogens is 3. The first-order valence-corrected chi connectivity index (χ1v) is 9.43. The van der Waals surface area contributed by atoms with E-state index >= 15 is 0 Å². The average molecular weight is 346 g/mol. The van der Waals surface area contributed by atoms with Crippen LogP contribution < -0.4 is 0 Å². The number of ether oxygens (including phenoxy) is 1. The summed E-state index contributed by atoms with van der Waals surface area (Å²) in [6.07, 6.45) is 6.88. The predicted octanol–water partition coefficient (Wildman–Crippen LogP) is 4.22. The number of hydrogen-bond donors (Lipinski definition) is 0. The number of benzene rings is 1. The van der Waals surface area contributed by atoms with E-state index in [9.17, 15) is 0 Å². The minimum Gasteiger partial charge on any atom is -0.381 e. The van der Waals surface area contributed by atoms with Crippen molar-refractivity contribution in [1.29, 1.82) is 0 Å². The molecule has 2 aromatic rings. The topological polar surface area (TPSA) is 39.9 Å². The lowest BCUT2D eigenvalue weighted by Gasteiger charge is -2.29. The first kappa shape index (κ1) is 16.1. The zero-order valence-electron chi connectivity index (χ0n) is 14.0. The van der Waals surface area contributed by atoms with E-state index in [1.165, 1.54) is 30.7 Å². The molecule has 128 valence electrons. The molecule has 0 radical (unpaired) electrons.